The van der Waals surface area contributed by atoms with Crippen molar-refractivity contribution < 1.29 is 4.74 Å². The quantitative estimate of drug-likeness (QED) is 0.728. The average Bonchev–Trinajstić information content (AvgIpc) is 2.17. The van der Waals surface area contributed by atoms with Crippen LogP contribution in [0.1, 0.15) is 36.5 Å². The van der Waals surface area contributed by atoms with Gasteiger partial charge in [0.15, 0.2) is 0 Å². The third kappa shape index (κ3) is 3.51. The van der Waals surface area contributed by atoms with E-state index in [1.807, 2.05) is 0 Å². The third-order valence-corrected chi connectivity index (χ3v) is 3.52. The second-order valence-electron chi connectivity index (χ2n) is 4.36. The molecule has 0 aliphatic carbocycles. The molecule has 1 rings (SSSR count). The summed E-state index contributed by atoms with van der Waals surface area (Å²) in [4.78, 5) is 0.549. The Balaban J connectivity index is 2.93. The molecule has 0 bridgehead atoms. The van der Waals surface area contributed by atoms with E-state index >= 15 is 0 Å². The minimum absolute atomic E-state index is 0.549. The maximum absolute atomic E-state index is 5.49. The Morgan fingerprint density at radius 3 is 2.56 bits per heavy atom. The van der Waals surface area contributed by atoms with Crippen molar-refractivity contribution in [2.45, 2.75) is 44.9 Å². The van der Waals surface area contributed by atoms with Crippen molar-refractivity contribution in [3.63, 3.8) is 0 Å². The molecule has 16 heavy (non-hydrogen) atoms. The lowest BCUT2D eigenvalue weighted by Crippen LogP contribution is -2.05. The first-order valence-corrected chi connectivity index (χ1v) is 6.78. The Hall–Kier alpha value is -0.500. The van der Waals surface area contributed by atoms with Gasteiger partial charge in [-0.3, -0.25) is 0 Å². The highest BCUT2D eigenvalue weighted by molar-refractivity contribution is 9.09. The summed E-state index contributed by atoms with van der Waals surface area (Å²) in [5, 5.41) is 0. The van der Waals surface area contributed by atoms with Gasteiger partial charge in [0.2, 0.25) is 0 Å². The molecule has 2 heteroatoms. The number of alkyl halides is 1. The number of methoxy groups -OCH3 is 1. The lowest BCUT2D eigenvalue weighted by atomic mass is 10.0. The van der Waals surface area contributed by atoms with Crippen LogP contribution in [0.5, 0.6) is 5.75 Å². The smallest absolute Gasteiger partial charge is 0.125 e. The van der Waals surface area contributed by atoms with Gasteiger partial charge in [-0.15, -0.1) is 0 Å². The molecule has 1 nitrogen and oxygen atoms in total. The number of aryl methyl sites for hydroxylation is 2. The average molecular weight is 285 g/mol. The highest BCUT2D eigenvalue weighted by Crippen LogP contribution is 2.28. The standard InChI is InChI=1S/C14H21BrO/c1-5-6-13(15)9-12-8-10(2)7-11(3)14(12)16-4/h7-8,13H,5-6,9H2,1-4H3. The molecule has 1 atom stereocenters. The Bertz CT molecular complexity index is 347. The van der Waals surface area contributed by atoms with Crippen molar-refractivity contribution in [1.82, 2.24) is 0 Å². The molecule has 0 saturated carbocycles. The molecule has 1 aromatic carbocycles. The predicted molar refractivity (Wildman–Crippen MR) is 73.8 cm³/mol. The highest BCUT2D eigenvalue weighted by Gasteiger charge is 2.11. The Labute approximate surface area is 107 Å². The molecular formula is C14H21BrO. The molecule has 0 fully saturated rings. The fourth-order valence-electron chi connectivity index (χ4n) is 2.14. The largest absolute Gasteiger partial charge is 0.496 e. The lowest BCUT2D eigenvalue weighted by Gasteiger charge is -2.15. The van der Waals surface area contributed by atoms with Crippen LogP contribution in [0.2, 0.25) is 0 Å². The molecule has 90 valence electrons. The lowest BCUT2D eigenvalue weighted by molar-refractivity contribution is 0.406. The summed E-state index contributed by atoms with van der Waals surface area (Å²) >= 11 is 3.73. The van der Waals surface area contributed by atoms with E-state index in [4.69, 9.17) is 4.74 Å². The number of halogens is 1. The molecule has 0 aliphatic heterocycles. The van der Waals surface area contributed by atoms with Crippen LogP contribution in [0.25, 0.3) is 0 Å². The van der Waals surface area contributed by atoms with E-state index in [1.165, 1.54) is 29.5 Å². The fraction of sp³-hybridized carbons (Fsp3) is 0.571. The van der Waals surface area contributed by atoms with Crippen molar-refractivity contribution in [3.8, 4) is 5.75 Å². The molecule has 1 unspecified atom stereocenters. The summed E-state index contributed by atoms with van der Waals surface area (Å²) in [6.45, 7) is 6.46. The number of ether oxygens (including phenoxy) is 1. The summed E-state index contributed by atoms with van der Waals surface area (Å²) in [6, 6.07) is 4.40. The van der Waals surface area contributed by atoms with Gasteiger partial charge >= 0.3 is 0 Å². The summed E-state index contributed by atoms with van der Waals surface area (Å²) in [5.41, 5.74) is 3.86. The van der Waals surface area contributed by atoms with Gasteiger partial charge in [-0.05, 0) is 37.8 Å². The minimum atomic E-state index is 0.549. The third-order valence-electron chi connectivity index (χ3n) is 2.74. The highest BCUT2D eigenvalue weighted by atomic mass is 79.9. The molecule has 1 aromatic rings. The molecule has 0 heterocycles. The topological polar surface area (TPSA) is 9.23 Å². The molecule has 0 radical (unpaired) electrons. The van der Waals surface area contributed by atoms with Gasteiger partial charge in [-0.25, -0.2) is 0 Å². The van der Waals surface area contributed by atoms with Crippen molar-refractivity contribution in [2.24, 2.45) is 0 Å². The molecule has 0 saturated heterocycles. The van der Waals surface area contributed by atoms with Gasteiger partial charge in [0.05, 0.1) is 7.11 Å². The molecule has 0 amide bonds. The van der Waals surface area contributed by atoms with Gasteiger partial charge in [0.1, 0.15) is 5.75 Å². The van der Waals surface area contributed by atoms with E-state index in [2.05, 4.69) is 48.8 Å². The molecule has 0 N–H and O–H groups in total. The van der Waals surface area contributed by atoms with Gasteiger partial charge in [-0.1, -0.05) is 47.0 Å². The first kappa shape index (κ1) is 13.6. The summed E-state index contributed by atoms with van der Waals surface area (Å²) < 4.78 is 5.49. The zero-order chi connectivity index (χ0) is 12.1. The maximum Gasteiger partial charge on any atom is 0.125 e. The van der Waals surface area contributed by atoms with Crippen LogP contribution < -0.4 is 4.74 Å². The first-order chi connectivity index (χ1) is 7.58. The van der Waals surface area contributed by atoms with Crippen LogP contribution in [0.4, 0.5) is 0 Å². The zero-order valence-electron chi connectivity index (χ0n) is 10.6. The second-order valence-corrected chi connectivity index (χ2v) is 5.66. The summed E-state index contributed by atoms with van der Waals surface area (Å²) in [5.74, 6) is 1.05. The normalized spacial score (nSPS) is 12.6. The van der Waals surface area contributed by atoms with Crippen LogP contribution in [-0.2, 0) is 6.42 Å². The maximum atomic E-state index is 5.49. The van der Waals surface area contributed by atoms with Crippen molar-refractivity contribution in [1.29, 1.82) is 0 Å². The summed E-state index contributed by atoms with van der Waals surface area (Å²) in [6.07, 6.45) is 3.46. The summed E-state index contributed by atoms with van der Waals surface area (Å²) in [7, 11) is 1.75. The van der Waals surface area contributed by atoms with E-state index in [0.717, 1.165) is 12.2 Å². The number of benzene rings is 1. The molecule has 0 spiro atoms. The van der Waals surface area contributed by atoms with Gasteiger partial charge < -0.3 is 4.74 Å². The predicted octanol–water partition coefficient (Wildman–Crippen LogP) is 4.42. The van der Waals surface area contributed by atoms with Gasteiger partial charge in [0, 0.05) is 4.83 Å². The zero-order valence-corrected chi connectivity index (χ0v) is 12.2. The Kier molecular flexibility index (Phi) is 5.33. The molecule has 0 aliphatic rings. The van der Waals surface area contributed by atoms with Crippen LogP contribution in [0.3, 0.4) is 0 Å². The van der Waals surface area contributed by atoms with Crippen LogP contribution >= 0.6 is 15.9 Å². The van der Waals surface area contributed by atoms with Crippen molar-refractivity contribution in [2.75, 3.05) is 7.11 Å². The van der Waals surface area contributed by atoms with Crippen LogP contribution in [-0.4, -0.2) is 11.9 Å². The van der Waals surface area contributed by atoms with Crippen LogP contribution in [0.15, 0.2) is 12.1 Å². The van der Waals surface area contributed by atoms with Crippen LogP contribution in [0, 0.1) is 13.8 Å². The number of hydrogen-bond acceptors (Lipinski definition) is 1. The fourth-order valence-corrected chi connectivity index (χ4v) is 2.95. The first-order valence-electron chi connectivity index (χ1n) is 5.86. The van der Waals surface area contributed by atoms with Crippen molar-refractivity contribution >= 4 is 15.9 Å². The number of rotatable bonds is 5. The van der Waals surface area contributed by atoms with E-state index < -0.39 is 0 Å². The van der Waals surface area contributed by atoms with Gasteiger partial charge in [0.25, 0.3) is 0 Å². The van der Waals surface area contributed by atoms with E-state index in [0.29, 0.717) is 4.83 Å². The Morgan fingerprint density at radius 2 is 2.00 bits per heavy atom. The SMILES string of the molecule is CCCC(Br)Cc1cc(C)cc(C)c1OC. The van der Waals surface area contributed by atoms with E-state index in [-0.39, 0.29) is 0 Å². The Morgan fingerprint density at radius 1 is 1.31 bits per heavy atom. The van der Waals surface area contributed by atoms with Crippen molar-refractivity contribution in [3.05, 3.63) is 28.8 Å². The van der Waals surface area contributed by atoms with E-state index in [9.17, 15) is 0 Å². The monoisotopic (exact) mass is 284 g/mol. The minimum Gasteiger partial charge on any atom is -0.496 e. The molecule has 0 aromatic heterocycles. The van der Waals surface area contributed by atoms with Gasteiger partial charge in [-0.2, -0.15) is 0 Å². The number of hydrogen-bond donors (Lipinski definition) is 0. The molecular weight excluding hydrogens is 264 g/mol. The van der Waals surface area contributed by atoms with E-state index in [1.54, 1.807) is 7.11 Å². The second kappa shape index (κ2) is 6.29.